The van der Waals surface area contributed by atoms with Crippen LogP contribution in [0.1, 0.15) is 31.5 Å². The number of piperidine rings is 1. The number of carbonyl (C=O) groups is 1. The number of nitrogens with one attached hydrogen (secondary N) is 3. The van der Waals surface area contributed by atoms with Crippen LogP contribution in [0.3, 0.4) is 0 Å². The van der Waals surface area contributed by atoms with Crippen LogP contribution < -0.4 is 10.6 Å². The molecule has 142 valence electrons. The quantitative estimate of drug-likeness (QED) is 0.232. The lowest BCUT2D eigenvalue weighted by Gasteiger charge is -2.33. The molecular weight excluding hydrogens is 437 g/mol. The third kappa shape index (κ3) is 7.14. The molecule has 0 aliphatic carbocycles. The van der Waals surface area contributed by atoms with Gasteiger partial charge in [0.1, 0.15) is 18.7 Å². The molecule has 3 N–H and O–H groups in total. The summed E-state index contributed by atoms with van der Waals surface area (Å²) in [6, 6.07) is 0. The lowest BCUT2D eigenvalue weighted by molar-refractivity contribution is -0.119. The van der Waals surface area contributed by atoms with Crippen molar-refractivity contribution in [3.8, 4) is 0 Å². The van der Waals surface area contributed by atoms with Gasteiger partial charge in [0.2, 0.25) is 5.91 Å². The molecule has 0 radical (unpaired) electrons. The van der Waals surface area contributed by atoms with Crippen molar-refractivity contribution in [3.05, 3.63) is 12.2 Å². The maximum absolute atomic E-state index is 11.8. The molecule has 0 spiro atoms. The first kappa shape index (κ1) is 21.6. The van der Waals surface area contributed by atoms with E-state index in [9.17, 15) is 4.79 Å². The molecule has 0 saturated carbocycles. The molecule has 25 heavy (non-hydrogen) atoms. The van der Waals surface area contributed by atoms with Crippen LogP contribution in [0.25, 0.3) is 0 Å². The fourth-order valence-electron chi connectivity index (χ4n) is 2.70. The van der Waals surface area contributed by atoms with Gasteiger partial charge < -0.3 is 20.3 Å². The molecule has 1 saturated heterocycles. The second-order valence-corrected chi connectivity index (χ2v) is 5.64. The monoisotopic (exact) mass is 465 g/mol. The Morgan fingerprint density at radius 3 is 2.80 bits per heavy atom. The Balaban J connectivity index is 0.00000312. The number of H-pyrrole nitrogens is 1. The minimum atomic E-state index is -0.0981. The lowest BCUT2D eigenvalue weighted by Crippen LogP contribution is -2.46. The molecule has 1 aliphatic heterocycles. The number of aromatic amines is 1. The number of rotatable bonds is 7. The molecule has 0 unspecified atom stereocenters. The summed E-state index contributed by atoms with van der Waals surface area (Å²) in [5, 5.41) is 12.9. The number of likely N-dealkylation sites (tertiary alicyclic amines) is 1. The Morgan fingerprint density at radius 1 is 1.44 bits per heavy atom. The minimum absolute atomic E-state index is 0. The van der Waals surface area contributed by atoms with Gasteiger partial charge in [-0.15, -0.1) is 24.0 Å². The summed E-state index contributed by atoms with van der Waals surface area (Å²) >= 11 is 0. The standard InChI is InChI=1S/C15H27N7O2.HI/c1-3-16-15(18-10-13(23)17-6-9-24-2)22-7-4-12(5-8-22)14-19-11-20-21-14;/h11-12H,3-10H2,1-2H3,(H,16,18)(H,17,23)(H,19,20,21);1H. The number of carbonyl (C=O) groups excluding carboxylic acids is 1. The fourth-order valence-corrected chi connectivity index (χ4v) is 2.70. The molecule has 9 nitrogen and oxygen atoms in total. The predicted molar refractivity (Wildman–Crippen MR) is 106 cm³/mol. The summed E-state index contributed by atoms with van der Waals surface area (Å²) in [7, 11) is 1.61. The van der Waals surface area contributed by atoms with Crippen molar-refractivity contribution in [1.29, 1.82) is 0 Å². The van der Waals surface area contributed by atoms with Gasteiger partial charge in [0.15, 0.2) is 5.96 Å². The molecule has 0 bridgehead atoms. The zero-order valence-electron chi connectivity index (χ0n) is 14.8. The molecule has 10 heteroatoms. The Kier molecular flexibility index (Phi) is 10.4. The zero-order chi connectivity index (χ0) is 17.2. The van der Waals surface area contributed by atoms with Crippen LogP contribution in [-0.4, -0.2) is 78.4 Å². The molecule has 0 atom stereocenters. The highest BCUT2D eigenvalue weighted by Crippen LogP contribution is 2.24. The van der Waals surface area contributed by atoms with Crippen LogP contribution in [0.5, 0.6) is 0 Å². The summed E-state index contributed by atoms with van der Waals surface area (Å²) in [6.07, 6.45) is 3.52. The number of aliphatic imine (C=N–C) groups is 1. The van der Waals surface area contributed by atoms with Crippen molar-refractivity contribution in [2.45, 2.75) is 25.7 Å². The maximum Gasteiger partial charge on any atom is 0.241 e. The summed E-state index contributed by atoms with van der Waals surface area (Å²) < 4.78 is 4.91. The number of hydrogen-bond acceptors (Lipinski definition) is 5. The molecule has 0 aromatic carbocycles. The largest absolute Gasteiger partial charge is 0.383 e. The van der Waals surface area contributed by atoms with Gasteiger partial charge in [-0.3, -0.25) is 9.89 Å². The topological polar surface area (TPSA) is 108 Å². The van der Waals surface area contributed by atoms with Gasteiger partial charge in [-0.1, -0.05) is 0 Å². The van der Waals surface area contributed by atoms with Gasteiger partial charge in [-0.2, -0.15) is 5.10 Å². The first-order valence-electron chi connectivity index (χ1n) is 8.38. The van der Waals surface area contributed by atoms with Crippen LogP contribution in [0, 0.1) is 0 Å². The van der Waals surface area contributed by atoms with Crippen molar-refractivity contribution in [3.63, 3.8) is 0 Å². The van der Waals surface area contributed by atoms with Crippen LogP contribution >= 0.6 is 24.0 Å². The van der Waals surface area contributed by atoms with Gasteiger partial charge in [0, 0.05) is 39.2 Å². The number of aromatic nitrogens is 3. The van der Waals surface area contributed by atoms with Crippen LogP contribution in [0.2, 0.25) is 0 Å². The lowest BCUT2D eigenvalue weighted by atomic mass is 9.96. The van der Waals surface area contributed by atoms with Crippen LogP contribution in [-0.2, 0) is 9.53 Å². The fraction of sp³-hybridized carbons (Fsp3) is 0.733. The number of hydrogen-bond donors (Lipinski definition) is 3. The number of guanidine groups is 1. The van der Waals surface area contributed by atoms with Gasteiger partial charge in [-0.05, 0) is 19.8 Å². The molecule has 1 aromatic rings. The molecular formula is C15H28IN7O2. The third-order valence-corrected chi connectivity index (χ3v) is 3.95. The van der Waals surface area contributed by atoms with E-state index in [2.05, 4.69) is 35.7 Å². The van der Waals surface area contributed by atoms with E-state index >= 15 is 0 Å². The molecule has 1 fully saturated rings. The van der Waals surface area contributed by atoms with E-state index in [1.807, 2.05) is 6.92 Å². The first-order valence-corrected chi connectivity index (χ1v) is 8.38. The minimum Gasteiger partial charge on any atom is -0.383 e. The van der Waals surface area contributed by atoms with Gasteiger partial charge in [0.25, 0.3) is 0 Å². The van der Waals surface area contributed by atoms with Crippen LogP contribution in [0.4, 0.5) is 0 Å². The van der Waals surface area contributed by atoms with Gasteiger partial charge >= 0.3 is 0 Å². The summed E-state index contributed by atoms with van der Waals surface area (Å²) in [6.45, 7) is 5.68. The van der Waals surface area contributed by atoms with E-state index in [1.165, 1.54) is 0 Å². The average Bonchev–Trinajstić information content (AvgIpc) is 3.14. The Bertz CT molecular complexity index is 516. The van der Waals surface area contributed by atoms with Crippen molar-refractivity contribution < 1.29 is 9.53 Å². The number of ether oxygens (including phenoxy) is 1. The number of nitrogens with zero attached hydrogens (tertiary/aromatic N) is 4. The highest BCUT2D eigenvalue weighted by Gasteiger charge is 2.24. The summed E-state index contributed by atoms with van der Waals surface area (Å²) in [5.41, 5.74) is 0. The molecule has 2 heterocycles. The van der Waals surface area contributed by atoms with Crippen molar-refractivity contribution >= 4 is 35.8 Å². The molecule has 1 aliphatic rings. The number of amides is 1. The second kappa shape index (κ2) is 12.0. The Morgan fingerprint density at radius 2 is 2.20 bits per heavy atom. The van der Waals surface area contributed by atoms with Crippen molar-refractivity contribution in [1.82, 2.24) is 30.7 Å². The zero-order valence-corrected chi connectivity index (χ0v) is 17.2. The third-order valence-electron chi connectivity index (χ3n) is 3.95. The smallest absolute Gasteiger partial charge is 0.241 e. The van der Waals surface area contributed by atoms with Gasteiger partial charge in [0.05, 0.1) is 6.61 Å². The van der Waals surface area contributed by atoms with Crippen molar-refractivity contribution in [2.24, 2.45) is 4.99 Å². The summed E-state index contributed by atoms with van der Waals surface area (Å²) in [4.78, 5) is 22.7. The highest BCUT2D eigenvalue weighted by atomic mass is 127. The van der Waals surface area contributed by atoms with Crippen molar-refractivity contribution in [2.75, 3.05) is 46.4 Å². The van der Waals surface area contributed by atoms with E-state index in [-0.39, 0.29) is 36.4 Å². The Labute approximate surface area is 165 Å². The molecule has 1 aromatic heterocycles. The Hall–Kier alpha value is -1.43. The summed E-state index contributed by atoms with van der Waals surface area (Å²) in [5.74, 6) is 2.05. The number of halogens is 1. The number of methoxy groups -OCH3 is 1. The predicted octanol–water partition coefficient (Wildman–Crippen LogP) is 0.330. The highest BCUT2D eigenvalue weighted by molar-refractivity contribution is 14.0. The van der Waals surface area contributed by atoms with E-state index in [0.29, 0.717) is 19.1 Å². The second-order valence-electron chi connectivity index (χ2n) is 5.64. The molecule has 1 amide bonds. The van der Waals surface area contributed by atoms with Crippen LogP contribution in [0.15, 0.2) is 11.3 Å². The SMILES string of the molecule is CCNC(=NCC(=O)NCCOC)N1CCC(c2ncn[nH]2)CC1.I. The van der Waals surface area contributed by atoms with E-state index in [1.54, 1.807) is 13.4 Å². The molecule has 2 rings (SSSR count). The van der Waals surface area contributed by atoms with E-state index in [0.717, 1.165) is 44.3 Å². The van der Waals surface area contributed by atoms with Gasteiger partial charge in [-0.25, -0.2) is 9.98 Å². The normalized spacial score (nSPS) is 15.6. The first-order chi connectivity index (χ1) is 11.7. The van der Waals surface area contributed by atoms with E-state index in [4.69, 9.17) is 4.74 Å². The average molecular weight is 465 g/mol. The maximum atomic E-state index is 11.8. The van der Waals surface area contributed by atoms with E-state index < -0.39 is 0 Å².